The van der Waals surface area contributed by atoms with Crippen molar-refractivity contribution >= 4 is 11.9 Å². The number of carbonyl (C=O) groups is 2. The van der Waals surface area contributed by atoms with Gasteiger partial charge in [-0.1, -0.05) is 121 Å². The molecule has 55 heavy (non-hydrogen) atoms. The summed E-state index contributed by atoms with van der Waals surface area (Å²) in [5.41, 5.74) is 0.0995. The molecule has 4 aliphatic rings. The zero-order valence-corrected chi connectivity index (χ0v) is 35.5. The van der Waals surface area contributed by atoms with Crippen LogP contribution in [0.4, 0.5) is 0 Å². The molecular formula is C50H80O5. The van der Waals surface area contributed by atoms with Crippen LogP contribution >= 0.6 is 0 Å². The van der Waals surface area contributed by atoms with Gasteiger partial charge < -0.3 is 14.9 Å². The van der Waals surface area contributed by atoms with Crippen molar-refractivity contribution in [1.82, 2.24) is 0 Å². The number of aliphatic hydroxyl groups is 1. The summed E-state index contributed by atoms with van der Waals surface area (Å²) in [7, 11) is 0. The minimum atomic E-state index is -0.714. The predicted molar refractivity (Wildman–Crippen MR) is 229 cm³/mol. The van der Waals surface area contributed by atoms with Gasteiger partial charge in [0.1, 0.15) is 6.10 Å². The number of unbranched alkanes of at least 4 members (excludes halogenated alkanes) is 7. The molecular weight excluding hydrogens is 681 g/mol. The van der Waals surface area contributed by atoms with Crippen LogP contribution in [0.25, 0.3) is 0 Å². The normalized spacial score (nSPS) is 32.8. The average molecular weight is 761 g/mol. The molecule has 5 nitrogen and oxygen atoms in total. The largest absolute Gasteiger partial charge is 0.481 e. The number of ether oxygens (including phenoxy) is 1. The van der Waals surface area contributed by atoms with Crippen LogP contribution in [-0.2, 0) is 14.3 Å². The van der Waals surface area contributed by atoms with Gasteiger partial charge in [0.05, 0.1) is 6.10 Å². The summed E-state index contributed by atoms with van der Waals surface area (Å²) >= 11 is 0. The second kappa shape index (κ2) is 23.7. The summed E-state index contributed by atoms with van der Waals surface area (Å²) < 4.78 is 6.11. The Morgan fingerprint density at radius 2 is 1.31 bits per heavy atom. The first-order chi connectivity index (χ1) is 26.6. The quantitative estimate of drug-likeness (QED) is 0.0581. The number of hydrogen-bond donors (Lipinski definition) is 2. The minimum Gasteiger partial charge on any atom is -0.481 e. The molecule has 0 amide bonds. The highest BCUT2D eigenvalue weighted by molar-refractivity contribution is 5.69. The molecule has 5 heteroatoms. The second-order valence-corrected chi connectivity index (χ2v) is 18.5. The Bertz CT molecular complexity index is 1290. The first kappa shape index (κ1) is 45.3. The number of aliphatic hydroxyl groups excluding tert-OH is 1. The van der Waals surface area contributed by atoms with Crippen LogP contribution in [0.2, 0.25) is 0 Å². The molecule has 0 heterocycles. The molecule has 4 fully saturated rings. The number of esters is 1. The molecule has 0 saturated heterocycles. The Kier molecular flexibility index (Phi) is 19.6. The molecule has 0 aromatic rings. The number of carboxylic acids is 1. The smallest absolute Gasteiger partial charge is 0.306 e. The van der Waals surface area contributed by atoms with E-state index in [2.05, 4.69) is 88.5 Å². The van der Waals surface area contributed by atoms with E-state index in [1.165, 1.54) is 57.8 Å². The van der Waals surface area contributed by atoms with Crippen LogP contribution in [0.5, 0.6) is 0 Å². The minimum absolute atomic E-state index is 0.00257. The number of carbonyl (C=O) groups excluding carboxylic acids is 1. The molecule has 0 bridgehead atoms. The first-order valence-corrected chi connectivity index (χ1v) is 23.0. The number of carboxylic acid groups (broad SMARTS) is 1. The molecule has 2 N–H and O–H groups in total. The Morgan fingerprint density at radius 3 is 1.95 bits per heavy atom. The number of aliphatic carboxylic acids is 1. The van der Waals surface area contributed by atoms with Crippen LogP contribution in [0.15, 0.2) is 60.8 Å². The Balaban J connectivity index is 1.02. The van der Waals surface area contributed by atoms with E-state index < -0.39 is 5.97 Å². The van der Waals surface area contributed by atoms with E-state index in [1.54, 1.807) is 0 Å². The molecule has 310 valence electrons. The third-order valence-corrected chi connectivity index (χ3v) is 15.0. The van der Waals surface area contributed by atoms with E-state index in [0.717, 1.165) is 77.0 Å². The van der Waals surface area contributed by atoms with Crippen molar-refractivity contribution in [3.8, 4) is 0 Å². The standard InChI is InChI=1S/C50H80O5/c1-5-6-7-8-9-10-11-12-13-14-15-16-17-18-19-20-21-22-23-24-25-26-27-28-48(54)55-41-35-36-49(3)40(37-41)30-31-42-44-33-32-43(39(2)29-34-47(52)53)50(44,4)46(51)38-45(42)49/h6-7,9-10,12-13,15-16,18-19,39-46,51H,5,8,11,14,17,20-38H2,1-4H3,(H,52,53)/b7-6-,10-9-,13-12-,16-15-,19-18-. The molecule has 0 aromatic carbocycles. The highest BCUT2D eigenvalue weighted by Gasteiger charge is 2.63. The fourth-order valence-electron chi connectivity index (χ4n) is 11.8. The van der Waals surface area contributed by atoms with Crippen molar-refractivity contribution in [3.05, 3.63) is 60.8 Å². The summed E-state index contributed by atoms with van der Waals surface area (Å²) in [5, 5.41) is 21.1. The monoisotopic (exact) mass is 761 g/mol. The van der Waals surface area contributed by atoms with Crippen LogP contribution in [-0.4, -0.2) is 34.4 Å². The predicted octanol–water partition coefficient (Wildman–Crippen LogP) is 13.3. The van der Waals surface area contributed by atoms with Crippen molar-refractivity contribution in [2.24, 2.45) is 46.3 Å². The summed E-state index contributed by atoms with van der Waals surface area (Å²) in [6.07, 6.45) is 47.0. The van der Waals surface area contributed by atoms with Gasteiger partial charge in [0, 0.05) is 12.8 Å². The maximum Gasteiger partial charge on any atom is 0.306 e. The number of allylic oxidation sites excluding steroid dienone is 10. The molecule has 0 spiro atoms. The summed E-state index contributed by atoms with van der Waals surface area (Å²) in [5.74, 6) is 2.28. The van der Waals surface area contributed by atoms with E-state index in [1.807, 2.05) is 0 Å². The lowest BCUT2D eigenvalue weighted by molar-refractivity contribution is -0.181. The van der Waals surface area contributed by atoms with Crippen molar-refractivity contribution in [1.29, 1.82) is 0 Å². The zero-order chi connectivity index (χ0) is 39.5. The van der Waals surface area contributed by atoms with Crippen molar-refractivity contribution in [2.75, 3.05) is 0 Å². The summed E-state index contributed by atoms with van der Waals surface area (Å²) in [6.45, 7) is 9.22. The maximum atomic E-state index is 12.9. The first-order valence-electron chi connectivity index (χ1n) is 23.0. The Morgan fingerprint density at radius 1 is 0.709 bits per heavy atom. The summed E-state index contributed by atoms with van der Waals surface area (Å²) in [6, 6.07) is 0. The van der Waals surface area contributed by atoms with E-state index >= 15 is 0 Å². The molecule has 0 aliphatic heterocycles. The maximum absolute atomic E-state index is 12.9. The van der Waals surface area contributed by atoms with E-state index in [4.69, 9.17) is 4.74 Å². The van der Waals surface area contributed by atoms with Crippen molar-refractivity contribution < 1.29 is 24.5 Å². The van der Waals surface area contributed by atoms with Crippen LogP contribution in [0.3, 0.4) is 0 Å². The fourth-order valence-corrected chi connectivity index (χ4v) is 11.8. The van der Waals surface area contributed by atoms with Gasteiger partial charge in [-0.15, -0.1) is 0 Å². The summed E-state index contributed by atoms with van der Waals surface area (Å²) in [4.78, 5) is 24.1. The van der Waals surface area contributed by atoms with Crippen LogP contribution < -0.4 is 0 Å². The van der Waals surface area contributed by atoms with Gasteiger partial charge in [-0.2, -0.15) is 0 Å². The third-order valence-electron chi connectivity index (χ3n) is 15.0. The van der Waals surface area contributed by atoms with Crippen molar-refractivity contribution in [3.63, 3.8) is 0 Å². The SMILES string of the molecule is CC/C=C\C/C=C\C/C=C\C/C=C\C/C=C\CCCCCCCCCC(=O)OC1CCC2(C)C(CCC3C2CC(O)C2(C)C(C(C)CCC(=O)O)CCC32)C1. The van der Waals surface area contributed by atoms with E-state index in [0.29, 0.717) is 48.3 Å². The van der Waals surface area contributed by atoms with E-state index in [9.17, 15) is 19.8 Å². The molecule has 0 radical (unpaired) electrons. The zero-order valence-electron chi connectivity index (χ0n) is 35.5. The number of rotatable bonds is 24. The lowest BCUT2D eigenvalue weighted by atomic mass is 9.43. The Labute approximate surface area is 336 Å². The molecule has 4 saturated carbocycles. The van der Waals surface area contributed by atoms with Gasteiger partial charge in [0.2, 0.25) is 0 Å². The van der Waals surface area contributed by atoms with Gasteiger partial charge in [0.15, 0.2) is 0 Å². The van der Waals surface area contributed by atoms with Crippen LogP contribution in [0.1, 0.15) is 182 Å². The van der Waals surface area contributed by atoms with Gasteiger partial charge in [-0.3, -0.25) is 9.59 Å². The van der Waals surface area contributed by atoms with Gasteiger partial charge >= 0.3 is 11.9 Å². The highest BCUT2D eigenvalue weighted by Crippen LogP contribution is 2.68. The lowest BCUT2D eigenvalue weighted by Crippen LogP contribution is -2.59. The second-order valence-electron chi connectivity index (χ2n) is 18.5. The highest BCUT2D eigenvalue weighted by atomic mass is 16.5. The average Bonchev–Trinajstić information content (AvgIpc) is 3.53. The number of fused-ring (bicyclic) bond motifs is 5. The topological polar surface area (TPSA) is 83.8 Å². The lowest BCUT2D eigenvalue weighted by Gasteiger charge is -2.62. The number of hydrogen-bond acceptors (Lipinski definition) is 4. The molecule has 10 unspecified atom stereocenters. The molecule has 4 rings (SSSR count). The third kappa shape index (κ3) is 13.3. The van der Waals surface area contributed by atoms with Gasteiger partial charge in [0.25, 0.3) is 0 Å². The molecule has 0 aromatic heterocycles. The molecule has 4 aliphatic carbocycles. The van der Waals surface area contributed by atoms with Crippen LogP contribution in [0, 0.1) is 46.3 Å². The van der Waals surface area contributed by atoms with Crippen molar-refractivity contribution in [2.45, 2.75) is 194 Å². The molecule has 10 atom stereocenters. The van der Waals surface area contributed by atoms with E-state index in [-0.39, 0.29) is 35.4 Å². The van der Waals surface area contributed by atoms with Gasteiger partial charge in [-0.05, 0) is 155 Å². The fraction of sp³-hybridized carbons (Fsp3) is 0.760. The van der Waals surface area contributed by atoms with Gasteiger partial charge in [-0.25, -0.2) is 0 Å². The Hall–Kier alpha value is -2.40.